The van der Waals surface area contributed by atoms with Gasteiger partial charge in [-0.25, -0.2) is 4.39 Å². The van der Waals surface area contributed by atoms with Gasteiger partial charge in [0.05, 0.1) is 23.3 Å². The number of hydrogen-bond acceptors (Lipinski definition) is 9. The lowest BCUT2D eigenvalue weighted by molar-refractivity contribution is -0.116. The number of nitriles is 1. The number of Topliss-reactive ketones (excluding diaryl/α,β-unsaturated/α-hetero) is 1. The number of anilines is 1. The van der Waals surface area contributed by atoms with Gasteiger partial charge in [0.2, 0.25) is 11.0 Å². The number of allylic oxidation sites excluding steroid dienone is 3. The molecule has 0 spiro atoms. The molecule has 158 valence electrons. The number of amides is 1. The third-order valence-electron chi connectivity index (χ3n) is 5.05. The predicted octanol–water partition coefficient (Wildman–Crippen LogP) is 2.56. The lowest BCUT2D eigenvalue weighted by atomic mass is 9.75. The molecule has 4 N–H and O–H groups in total. The van der Waals surface area contributed by atoms with Crippen LogP contribution < -0.4 is 16.4 Å². The van der Waals surface area contributed by atoms with Gasteiger partial charge >= 0.3 is 0 Å². The van der Waals surface area contributed by atoms with Crippen LogP contribution in [0.3, 0.4) is 0 Å². The summed E-state index contributed by atoms with van der Waals surface area (Å²) in [6, 6.07) is 8.16. The Morgan fingerprint density at radius 1 is 1.35 bits per heavy atom. The smallest absolute Gasteiger partial charge is 0.227 e. The minimum absolute atomic E-state index is 0.0468. The summed E-state index contributed by atoms with van der Waals surface area (Å²) in [6.07, 6.45) is 1.44. The van der Waals surface area contributed by atoms with Crippen molar-refractivity contribution in [3.8, 4) is 6.07 Å². The molecule has 2 heterocycles. The molecular weight excluding hydrogens is 439 g/mol. The second-order valence-corrected chi connectivity index (χ2v) is 9.12. The van der Waals surface area contributed by atoms with E-state index in [4.69, 9.17) is 11.5 Å². The molecule has 31 heavy (non-hydrogen) atoms. The summed E-state index contributed by atoms with van der Waals surface area (Å²) in [6.45, 7) is 0. The number of thioether (sulfide) groups is 1. The first-order chi connectivity index (χ1) is 14.9. The van der Waals surface area contributed by atoms with Gasteiger partial charge in [0.1, 0.15) is 11.6 Å². The molecule has 1 aromatic heterocycles. The molecule has 1 aliphatic heterocycles. The molecule has 0 radical (unpaired) electrons. The van der Waals surface area contributed by atoms with Crippen LogP contribution in [0.1, 0.15) is 30.7 Å². The Kier molecular flexibility index (Phi) is 5.75. The Morgan fingerprint density at radius 3 is 2.84 bits per heavy atom. The maximum atomic E-state index is 14.7. The van der Waals surface area contributed by atoms with E-state index in [1.807, 2.05) is 0 Å². The Bertz CT molecular complexity index is 1180. The summed E-state index contributed by atoms with van der Waals surface area (Å²) in [5.74, 6) is -1.87. The Labute approximate surface area is 185 Å². The fourth-order valence-corrected chi connectivity index (χ4v) is 5.43. The lowest BCUT2D eigenvalue weighted by Gasteiger charge is -2.38. The molecule has 0 bridgehead atoms. The monoisotopic (exact) mass is 456 g/mol. The number of hydrogen-bond donors (Lipinski definition) is 2. The zero-order chi connectivity index (χ0) is 22.1. The van der Waals surface area contributed by atoms with E-state index in [-0.39, 0.29) is 28.5 Å². The predicted molar refractivity (Wildman–Crippen MR) is 114 cm³/mol. The van der Waals surface area contributed by atoms with E-state index < -0.39 is 17.6 Å². The van der Waals surface area contributed by atoms with Crippen molar-refractivity contribution in [3.05, 3.63) is 58.3 Å². The Balaban J connectivity index is 1.86. The molecule has 1 atom stereocenters. The van der Waals surface area contributed by atoms with Crippen molar-refractivity contribution < 1.29 is 14.0 Å². The number of halogens is 1. The first-order valence-electron chi connectivity index (χ1n) is 9.37. The van der Waals surface area contributed by atoms with E-state index in [1.165, 1.54) is 17.4 Å². The highest BCUT2D eigenvalue weighted by molar-refractivity contribution is 8.01. The first-order valence-corrected chi connectivity index (χ1v) is 11.2. The Hall–Kier alpha value is -3.23. The summed E-state index contributed by atoms with van der Waals surface area (Å²) in [7, 11) is 0. The van der Waals surface area contributed by atoms with Gasteiger partial charge in [-0.2, -0.15) is 5.26 Å². The molecule has 0 saturated carbocycles. The number of benzene rings is 1. The standard InChI is InChI=1S/C20H17FN6O2S2/c21-12-5-2-1-4-10(12)16-11(8-22)18(24)27(13-6-3-7-14(28)17(13)16)19-25-26-20(31-19)30-9-15(23)29/h1-2,4-5,16H,3,6-7,9,24H2,(H2,23,29). The van der Waals surface area contributed by atoms with E-state index in [0.717, 1.165) is 11.8 Å². The van der Waals surface area contributed by atoms with Crippen LogP contribution >= 0.6 is 23.1 Å². The molecule has 11 heteroatoms. The number of primary amides is 1. The average Bonchev–Trinajstić information content (AvgIpc) is 3.20. The van der Waals surface area contributed by atoms with Crippen LogP contribution in [0.4, 0.5) is 9.52 Å². The van der Waals surface area contributed by atoms with Crippen molar-refractivity contribution in [1.29, 1.82) is 5.26 Å². The fraction of sp³-hybridized carbons (Fsp3) is 0.250. The Morgan fingerprint density at radius 2 is 2.13 bits per heavy atom. The lowest BCUT2D eigenvalue weighted by Crippen LogP contribution is -2.38. The first kappa shape index (κ1) is 21.0. The van der Waals surface area contributed by atoms with Crippen LogP contribution in [0.25, 0.3) is 0 Å². The molecule has 1 aliphatic carbocycles. The van der Waals surface area contributed by atoms with Crippen molar-refractivity contribution in [2.45, 2.75) is 29.5 Å². The highest BCUT2D eigenvalue weighted by Gasteiger charge is 2.42. The molecule has 1 aromatic carbocycles. The number of ketones is 1. The van der Waals surface area contributed by atoms with Gasteiger partial charge < -0.3 is 11.5 Å². The number of rotatable bonds is 5. The number of nitrogens with zero attached hydrogens (tertiary/aromatic N) is 4. The van der Waals surface area contributed by atoms with Crippen LogP contribution in [-0.4, -0.2) is 27.6 Å². The van der Waals surface area contributed by atoms with Crippen LogP contribution in [0.15, 0.2) is 51.3 Å². The number of carbonyl (C=O) groups is 2. The van der Waals surface area contributed by atoms with Crippen LogP contribution in [0.5, 0.6) is 0 Å². The molecular formula is C20H17FN6O2S2. The third-order valence-corrected chi connectivity index (χ3v) is 7.12. The molecule has 0 saturated heterocycles. The highest BCUT2D eigenvalue weighted by atomic mass is 32.2. The van der Waals surface area contributed by atoms with Gasteiger partial charge in [-0.1, -0.05) is 41.3 Å². The summed E-state index contributed by atoms with van der Waals surface area (Å²) in [5.41, 5.74) is 12.9. The molecule has 4 rings (SSSR count). The average molecular weight is 457 g/mol. The maximum absolute atomic E-state index is 14.7. The van der Waals surface area contributed by atoms with E-state index in [2.05, 4.69) is 16.3 Å². The molecule has 8 nitrogen and oxygen atoms in total. The minimum atomic E-state index is -0.873. The van der Waals surface area contributed by atoms with Gasteiger partial charge in [-0.05, 0) is 18.9 Å². The second kappa shape index (κ2) is 8.49. The second-order valence-electron chi connectivity index (χ2n) is 6.94. The van der Waals surface area contributed by atoms with Crippen molar-refractivity contribution in [2.75, 3.05) is 10.7 Å². The third kappa shape index (κ3) is 3.80. The van der Waals surface area contributed by atoms with E-state index >= 15 is 0 Å². The topological polar surface area (TPSA) is 139 Å². The molecule has 1 amide bonds. The van der Waals surface area contributed by atoms with Gasteiger partial charge in [0.25, 0.3) is 0 Å². The van der Waals surface area contributed by atoms with E-state index in [0.29, 0.717) is 40.0 Å². The summed E-state index contributed by atoms with van der Waals surface area (Å²) in [4.78, 5) is 25.6. The van der Waals surface area contributed by atoms with Gasteiger partial charge in [0, 0.05) is 23.3 Å². The summed E-state index contributed by atoms with van der Waals surface area (Å²) in [5, 5.41) is 18.5. The summed E-state index contributed by atoms with van der Waals surface area (Å²) < 4.78 is 15.2. The highest BCUT2D eigenvalue weighted by Crippen LogP contribution is 2.47. The van der Waals surface area contributed by atoms with Gasteiger partial charge in [-0.3, -0.25) is 14.5 Å². The molecule has 2 aliphatic rings. The molecule has 2 aromatic rings. The number of aromatic nitrogens is 2. The minimum Gasteiger partial charge on any atom is -0.384 e. The number of nitrogens with two attached hydrogens (primary N) is 2. The van der Waals surface area contributed by atoms with E-state index in [1.54, 1.807) is 23.1 Å². The van der Waals surface area contributed by atoms with Crippen LogP contribution in [0, 0.1) is 17.1 Å². The molecule has 0 fully saturated rings. The number of carbonyl (C=O) groups excluding carboxylic acids is 2. The zero-order valence-electron chi connectivity index (χ0n) is 16.2. The normalized spacial score (nSPS) is 18.8. The van der Waals surface area contributed by atoms with Crippen LogP contribution in [-0.2, 0) is 9.59 Å². The quantitative estimate of drug-likeness (QED) is 0.655. The van der Waals surface area contributed by atoms with Crippen molar-refractivity contribution in [3.63, 3.8) is 0 Å². The zero-order valence-corrected chi connectivity index (χ0v) is 17.8. The van der Waals surface area contributed by atoms with E-state index in [9.17, 15) is 19.2 Å². The fourth-order valence-electron chi connectivity index (χ4n) is 3.81. The van der Waals surface area contributed by atoms with Crippen molar-refractivity contribution in [2.24, 2.45) is 11.5 Å². The van der Waals surface area contributed by atoms with Crippen molar-refractivity contribution in [1.82, 2.24) is 10.2 Å². The molecule has 1 unspecified atom stereocenters. The van der Waals surface area contributed by atoms with Crippen molar-refractivity contribution >= 4 is 39.9 Å². The van der Waals surface area contributed by atoms with Gasteiger partial charge in [-0.15, -0.1) is 10.2 Å². The largest absolute Gasteiger partial charge is 0.384 e. The van der Waals surface area contributed by atoms with Crippen LogP contribution in [0.2, 0.25) is 0 Å². The maximum Gasteiger partial charge on any atom is 0.227 e. The SMILES string of the molecule is N#CC1=C(N)N(c2nnc(SCC(N)=O)s2)C2=C(C(=O)CCC2)C1c1ccccc1F. The van der Waals surface area contributed by atoms with Gasteiger partial charge in [0.15, 0.2) is 10.1 Å². The summed E-state index contributed by atoms with van der Waals surface area (Å²) >= 11 is 2.31.